The predicted molar refractivity (Wildman–Crippen MR) is 74.4 cm³/mol. The number of hydrogen-bond acceptors (Lipinski definition) is 5. The molecule has 20 heavy (non-hydrogen) atoms. The van der Waals surface area contributed by atoms with Crippen LogP contribution in [0.15, 0.2) is 22.7 Å². The van der Waals surface area contributed by atoms with Crippen LogP contribution in [0.25, 0.3) is 0 Å². The van der Waals surface area contributed by atoms with Crippen molar-refractivity contribution in [2.24, 2.45) is 5.73 Å². The van der Waals surface area contributed by atoms with Gasteiger partial charge in [0.25, 0.3) is 5.89 Å². The molecule has 0 aliphatic heterocycles. The average molecular weight is 273 g/mol. The summed E-state index contributed by atoms with van der Waals surface area (Å²) in [5, 5.41) is 3.91. The molecule has 1 aliphatic rings. The molecule has 0 bridgehead atoms. The van der Waals surface area contributed by atoms with Gasteiger partial charge in [-0.2, -0.15) is 4.98 Å². The van der Waals surface area contributed by atoms with Crippen LogP contribution in [0.3, 0.4) is 0 Å². The van der Waals surface area contributed by atoms with E-state index in [0.29, 0.717) is 18.3 Å². The highest BCUT2D eigenvalue weighted by Gasteiger charge is 2.19. The van der Waals surface area contributed by atoms with E-state index in [1.807, 2.05) is 19.9 Å². The van der Waals surface area contributed by atoms with Gasteiger partial charge in [0.15, 0.2) is 12.4 Å². The Morgan fingerprint density at radius 3 is 3.05 bits per heavy atom. The minimum atomic E-state index is 0.170. The molecular weight excluding hydrogens is 254 g/mol. The van der Waals surface area contributed by atoms with Crippen molar-refractivity contribution in [2.75, 3.05) is 0 Å². The van der Waals surface area contributed by atoms with Gasteiger partial charge in [-0.05, 0) is 36.1 Å². The number of aromatic nitrogens is 2. The fraction of sp³-hybridized carbons (Fsp3) is 0.467. The minimum Gasteiger partial charge on any atom is -0.484 e. The van der Waals surface area contributed by atoms with Gasteiger partial charge in [-0.15, -0.1) is 0 Å². The maximum absolute atomic E-state index is 6.02. The van der Waals surface area contributed by atoms with Gasteiger partial charge in [-0.3, -0.25) is 0 Å². The SMILES string of the molecule is CC(C)c1noc(COc2ccc3c(c2)CC[C@@H]3N)n1. The Morgan fingerprint density at radius 2 is 2.30 bits per heavy atom. The fourth-order valence-electron chi connectivity index (χ4n) is 2.42. The van der Waals surface area contributed by atoms with Gasteiger partial charge in [0.2, 0.25) is 0 Å². The van der Waals surface area contributed by atoms with Crippen molar-refractivity contribution in [3.63, 3.8) is 0 Å². The zero-order chi connectivity index (χ0) is 14.1. The van der Waals surface area contributed by atoms with Crippen LogP contribution in [0.1, 0.15) is 55.1 Å². The molecule has 0 unspecified atom stereocenters. The Kier molecular flexibility index (Phi) is 3.44. The summed E-state index contributed by atoms with van der Waals surface area (Å²) in [6.45, 7) is 4.35. The molecule has 0 spiro atoms. The van der Waals surface area contributed by atoms with Crippen LogP contribution in [-0.2, 0) is 13.0 Å². The van der Waals surface area contributed by atoms with Gasteiger partial charge in [-0.1, -0.05) is 25.1 Å². The monoisotopic (exact) mass is 273 g/mol. The number of fused-ring (bicyclic) bond motifs is 1. The van der Waals surface area contributed by atoms with Crippen LogP contribution in [0.5, 0.6) is 5.75 Å². The second kappa shape index (κ2) is 5.25. The fourth-order valence-corrected chi connectivity index (χ4v) is 2.42. The van der Waals surface area contributed by atoms with Gasteiger partial charge in [0, 0.05) is 12.0 Å². The lowest BCUT2D eigenvalue weighted by Gasteiger charge is -2.07. The Labute approximate surface area is 118 Å². The second-order valence-electron chi connectivity index (χ2n) is 5.50. The van der Waals surface area contributed by atoms with Crippen molar-refractivity contribution in [1.29, 1.82) is 0 Å². The molecule has 0 amide bonds. The number of nitrogens with two attached hydrogens (primary N) is 1. The summed E-state index contributed by atoms with van der Waals surface area (Å²) in [4.78, 5) is 4.29. The third-order valence-electron chi connectivity index (χ3n) is 3.60. The molecule has 0 saturated heterocycles. The third-order valence-corrected chi connectivity index (χ3v) is 3.60. The van der Waals surface area contributed by atoms with Crippen LogP contribution < -0.4 is 10.5 Å². The molecule has 1 heterocycles. The number of hydrogen-bond donors (Lipinski definition) is 1. The molecule has 1 atom stereocenters. The van der Waals surface area contributed by atoms with Crippen LogP contribution in [-0.4, -0.2) is 10.1 Å². The summed E-state index contributed by atoms with van der Waals surface area (Å²) in [5.74, 6) is 2.30. The van der Waals surface area contributed by atoms with E-state index in [1.165, 1.54) is 11.1 Å². The number of rotatable bonds is 4. The highest BCUT2D eigenvalue weighted by Crippen LogP contribution is 2.32. The van der Waals surface area contributed by atoms with Crippen molar-refractivity contribution < 1.29 is 9.26 Å². The largest absolute Gasteiger partial charge is 0.484 e. The first kappa shape index (κ1) is 13.1. The zero-order valence-electron chi connectivity index (χ0n) is 11.8. The first-order valence-electron chi connectivity index (χ1n) is 6.97. The van der Waals surface area contributed by atoms with Crippen molar-refractivity contribution in [3.05, 3.63) is 41.0 Å². The molecule has 106 valence electrons. The van der Waals surface area contributed by atoms with Crippen LogP contribution in [0.4, 0.5) is 0 Å². The topological polar surface area (TPSA) is 74.2 Å². The normalized spacial score (nSPS) is 17.5. The minimum absolute atomic E-state index is 0.170. The summed E-state index contributed by atoms with van der Waals surface area (Å²) >= 11 is 0. The summed E-state index contributed by atoms with van der Waals surface area (Å²) in [7, 11) is 0. The first-order chi connectivity index (χ1) is 9.63. The smallest absolute Gasteiger partial charge is 0.264 e. The van der Waals surface area contributed by atoms with E-state index in [4.69, 9.17) is 15.0 Å². The van der Waals surface area contributed by atoms with Crippen LogP contribution in [0.2, 0.25) is 0 Å². The van der Waals surface area contributed by atoms with E-state index in [1.54, 1.807) is 0 Å². The first-order valence-corrected chi connectivity index (χ1v) is 6.97. The van der Waals surface area contributed by atoms with Gasteiger partial charge >= 0.3 is 0 Å². The van der Waals surface area contributed by atoms with Gasteiger partial charge in [0.1, 0.15) is 5.75 Å². The summed E-state index contributed by atoms with van der Waals surface area (Å²) < 4.78 is 10.9. The van der Waals surface area contributed by atoms with Crippen molar-refractivity contribution in [1.82, 2.24) is 10.1 Å². The zero-order valence-corrected chi connectivity index (χ0v) is 11.8. The Balaban J connectivity index is 1.66. The standard InChI is InChI=1S/C15H19N3O2/c1-9(2)15-17-14(20-18-15)8-19-11-4-5-12-10(7-11)3-6-13(12)16/h4-5,7,9,13H,3,6,8,16H2,1-2H3/t13-/m0/s1. The highest BCUT2D eigenvalue weighted by atomic mass is 16.5. The molecule has 2 N–H and O–H groups in total. The molecule has 2 aromatic rings. The van der Waals surface area contributed by atoms with Crippen LogP contribution in [0, 0.1) is 0 Å². The van der Waals surface area contributed by atoms with Gasteiger partial charge in [-0.25, -0.2) is 0 Å². The third kappa shape index (κ3) is 2.54. The molecule has 1 aromatic carbocycles. The quantitative estimate of drug-likeness (QED) is 0.927. The van der Waals surface area contributed by atoms with E-state index in [2.05, 4.69) is 22.3 Å². The van der Waals surface area contributed by atoms with E-state index in [9.17, 15) is 0 Å². The second-order valence-corrected chi connectivity index (χ2v) is 5.50. The van der Waals surface area contributed by atoms with E-state index < -0.39 is 0 Å². The number of nitrogens with zero attached hydrogens (tertiary/aromatic N) is 2. The van der Waals surface area contributed by atoms with Gasteiger partial charge < -0.3 is 15.0 Å². The van der Waals surface area contributed by atoms with Crippen molar-refractivity contribution in [3.8, 4) is 5.75 Å². The lowest BCUT2D eigenvalue weighted by molar-refractivity contribution is 0.242. The Bertz CT molecular complexity index is 607. The van der Waals surface area contributed by atoms with Crippen molar-refractivity contribution in [2.45, 2.75) is 45.3 Å². The molecular formula is C15H19N3O2. The highest BCUT2D eigenvalue weighted by molar-refractivity contribution is 5.40. The maximum atomic E-state index is 6.02. The van der Waals surface area contributed by atoms with Crippen molar-refractivity contribution >= 4 is 0 Å². The summed E-state index contributed by atoms with van der Waals surface area (Å²) in [6, 6.07) is 6.23. The molecule has 3 rings (SSSR count). The lowest BCUT2D eigenvalue weighted by Crippen LogP contribution is -2.05. The molecule has 5 heteroatoms. The molecule has 0 saturated carbocycles. The number of ether oxygens (including phenoxy) is 1. The average Bonchev–Trinajstić information content (AvgIpc) is 3.04. The van der Waals surface area contributed by atoms with Crippen LogP contribution >= 0.6 is 0 Å². The van der Waals surface area contributed by atoms with E-state index in [-0.39, 0.29) is 12.0 Å². The lowest BCUT2D eigenvalue weighted by atomic mass is 10.1. The number of benzene rings is 1. The summed E-state index contributed by atoms with van der Waals surface area (Å²) in [6.07, 6.45) is 2.03. The molecule has 0 fully saturated rings. The predicted octanol–water partition coefficient (Wildman–Crippen LogP) is 2.72. The Hall–Kier alpha value is -1.88. The maximum Gasteiger partial charge on any atom is 0.264 e. The molecule has 0 radical (unpaired) electrons. The van der Waals surface area contributed by atoms with Gasteiger partial charge in [0.05, 0.1) is 0 Å². The molecule has 5 nitrogen and oxygen atoms in total. The van der Waals surface area contributed by atoms with E-state index >= 15 is 0 Å². The molecule has 1 aromatic heterocycles. The Morgan fingerprint density at radius 1 is 1.45 bits per heavy atom. The number of aryl methyl sites for hydroxylation is 1. The van der Waals surface area contributed by atoms with E-state index in [0.717, 1.165) is 18.6 Å². The molecule has 1 aliphatic carbocycles. The summed E-state index contributed by atoms with van der Waals surface area (Å²) in [5.41, 5.74) is 8.53.